The SMILES string of the molecule is CNc1nccc(N2CCC(C(C)C)CC2)n1. The highest BCUT2D eigenvalue weighted by molar-refractivity contribution is 5.42. The molecule has 1 saturated heterocycles. The Balaban J connectivity index is 2.00. The van der Waals surface area contributed by atoms with E-state index in [9.17, 15) is 0 Å². The molecule has 94 valence electrons. The molecule has 0 spiro atoms. The van der Waals surface area contributed by atoms with Crippen LogP contribution in [0.2, 0.25) is 0 Å². The van der Waals surface area contributed by atoms with Gasteiger partial charge in [-0.05, 0) is 30.7 Å². The highest BCUT2D eigenvalue weighted by Gasteiger charge is 2.22. The van der Waals surface area contributed by atoms with Crippen molar-refractivity contribution in [2.45, 2.75) is 26.7 Å². The second-order valence-electron chi connectivity index (χ2n) is 5.06. The van der Waals surface area contributed by atoms with Gasteiger partial charge in [-0.2, -0.15) is 4.98 Å². The normalized spacial score (nSPS) is 17.5. The van der Waals surface area contributed by atoms with Crippen LogP contribution in [0.1, 0.15) is 26.7 Å². The molecule has 17 heavy (non-hydrogen) atoms. The van der Waals surface area contributed by atoms with Crippen molar-refractivity contribution in [3.63, 3.8) is 0 Å². The minimum Gasteiger partial charge on any atom is -0.357 e. The van der Waals surface area contributed by atoms with Crippen molar-refractivity contribution < 1.29 is 0 Å². The molecule has 0 unspecified atom stereocenters. The van der Waals surface area contributed by atoms with Crippen molar-refractivity contribution in [3.05, 3.63) is 12.3 Å². The van der Waals surface area contributed by atoms with Crippen LogP contribution in [0.3, 0.4) is 0 Å². The summed E-state index contributed by atoms with van der Waals surface area (Å²) in [7, 11) is 1.85. The topological polar surface area (TPSA) is 41.1 Å². The van der Waals surface area contributed by atoms with Gasteiger partial charge in [-0.15, -0.1) is 0 Å². The summed E-state index contributed by atoms with van der Waals surface area (Å²) in [4.78, 5) is 11.0. The Labute approximate surface area is 103 Å². The molecule has 2 heterocycles. The van der Waals surface area contributed by atoms with Crippen molar-refractivity contribution in [3.8, 4) is 0 Å². The van der Waals surface area contributed by atoms with E-state index in [1.165, 1.54) is 12.8 Å². The lowest BCUT2D eigenvalue weighted by molar-refractivity contribution is 0.310. The summed E-state index contributed by atoms with van der Waals surface area (Å²) in [5, 5.41) is 2.98. The third-order valence-corrected chi connectivity index (χ3v) is 3.67. The third kappa shape index (κ3) is 2.87. The Morgan fingerprint density at radius 2 is 2.06 bits per heavy atom. The average Bonchev–Trinajstić information content (AvgIpc) is 2.39. The van der Waals surface area contributed by atoms with Crippen LogP contribution in [-0.4, -0.2) is 30.1 Å². The largest absolute Gasteiger partial charge is 0.357 e. The number of nitrogens with zero attached hydrogens (tertiary/aromatic N) is 3. The molecule has 4 nitrogen and oxygen atoms in total. The molecule has 1 aromatic rings. The first-order valence-electron chi connectivity index (χ1n) is 6.46. The number of rotatable bonds is 3. The standard InChI is InChI=1S/C13H22N4/c1-10(2)11-5-8-17(9-6-11)12-4-7-15-13(14-3)16-12/h4,7,10-11H,5-6,8-9H2,1-3H3,(H,14,15,16). The van der Waals surface area contributed by atoms with Crippen LogP contribution in [0.5, 0.6) is 0 Å². The van der Waals surface area contributed by atoms with Gasteiger partial charge >= 0.3 is 0 Å². The zero-order chi connectivity index (χ0) is 12.3. The van der Waals surface area contributed by atoms with E-state index >= 15 is 0 Å². The molecule has 0 aliphatic carbocycles. The van der Waals surface area contributed by atoms with E-state index < -0.39 is 0 Å². The van der Waals surface area contributed by atoms with E-state index in [0.29, 0.717) is 5.95 Å². The van der Waals surface area contributed by atoms with Crippen LogP contribution in [0.25, 0.3) is 0 Å². The quantitative estimate of drug-likeness (QED) is 0.872. The van der Waals surface area contributed by atoms with Gasteiger partial charge in [0.2, 0.25) is 5.95 Å². The van der Waals surface area contributed by atoms with Gasteiger partial charge in [0.1, 0.15) is 5.82 Å². The fourth-order valence-corrected chi connectivity index (χ4v) is 2.44. The monoisotopic (exact) mass is 234 g/mol. The molecule has 0 aromatic carbocycles. The number of anilines is 2. The van der Waals surface area contributed by atoms with E-state index in [2.05, 4.69) is 34.0 Å². The summed E-state index contributed by atoms with van der Waals surface area (Å²) in [6.45, 7) is 6.88. The number of hydrogen-bond acceptors (Lipinski definition) is 4. The molecule has 0 radical (unpaired) electrons. The fraction of sp³-hybridized carbons (Fsp3) is 0.692. The lowest BCUT2D eigenvalue weighted by atomic mass is 9.87. The average molecular weight is 234 g/mol. The summed E-state index contributed by atoms with van der Waals surface area (Å²) in [5.74, 6) is 3.42. The molecule has 1 N–H and O–H groups in total. The minimum absolute atomic E-state index is 0.702. The van der Waals surface area contributed by atoms with Gasteiger partial charge in [0.25, 0.3) is 0 Å². The van der Waals surface area contributed by atoms with E-state index in [4.69, 9.17) is 0 Å². The van der Waals surface area contributed by atoms with E-state index in [1.54, 1.807) is 0 Å². The maximum atomic E-state index is 4.49. The van der Waals surface area contributed by atoms with Crippen molar-refractivity contribution in [1.82, 2.24) is 9.97 Å². The summed E-state index contributed by atoms with van der Waals surface area (Å²) in [6, 6.07) is 2.00. The second-order valence-corrected chi connectivity index (χ2v) is 5.06. The Morgan fingerprint density at radius 1 is 1.35 bits per heavy atom. The molecule has 0 amide bonds. The summed E-state index contributed by atoms with van der Waals surface area (Å²) < 4.78 is 0. The van der Waals surface area contributed by atoms with Gasteiger partial charge in [-0.1, -0.05) is 13.8 Å². The first-order chi connectivity index (χ1) is 8.20. The maximum Gasteiger partial charge on any atom is 0.224 e. The van der Waals surface area contributed by atoms with Crippen molar-refractivity contribution in [1.29, 1.82) is 0 Å². The Bertz CT molecular complexity index is 356. The Hall–Kier alpha value is -1.32. The predicted molar refractivity (Wildman–Crippen MR) is 71.4 cm³/mol. The summed E-state index contributed by atoms with van der Waals surface area (Å²) in [6.07, 6.45) is 4.37. The van der Waals surface area contributed by atoms with Crippen LogP contribution < -0.4 is 10.2 Å². The first-order valence-corrected chi connectivity index (χ1v) is 6.46. The van der Waals surface area contributed by atoms with Crippen LogP contribution in [-0.2, 0) is 0 Å². The van der Waals surface area contributed by atoms with Gasteiger partial charge in [0.15, 0.2) is 0 Å². The van der Waals surface area contributed by atoms with Crippen molar-refractivity contribution in [2.75, 3.05) is 30.4 Å². The predicted octanol–water partition coefficient (Wildman–Crippen LogP) is 2.39. The van der Waals surface area contributed by atoms with E-state index in [-0.39, 0.29) is 0 Å². The molecular weight excluding hydrogens is 212 g/mol. The van der Waals surface area contributed by atoms with Crippen LogP contribution in [0.15, 0.2) is 12.3 Å². The number of nitrogens with one attached hydrogen (secondary N) is 1. The van der Waals surface area contributed by atoms with Gasteiger partial charge in [-0.3, -0.25) is 0 Å². The molecular formula is C13H22N4. The van der Waals surface area contributed by atoms with Crippen LogP contribution in [0, 0.1) is 11.8 Å². The highest BCUT2D eigenvalue weighted by atomic mass is 15.2. The third-order valence-electron chi connectivity index (χ3n) is 3.67. The number of aromatic nitrogens is 2. The zero-order valence-corrected chi connectivity index (χ0v) is 11.0. The molecule has 1 fully saturated rings. The van der Waals surface area contributed by atoms with Gasteiger partial charge in [-0.25, -0.2) is 4.98 Å². The molecule has 2 rings (SSSR count). The fourth-order valence-electron chi connectivity index (χ4n) is 2.44. The van der Waals surface area contributed by atoms with Gasteiger partial charge in [0.05, 0.1) is 0 Å². The number of piperidine rings is 1. The van der Waals surface area contributed by atoms with Crippen LogP contribution in [0.4, 0.5) is 11.8 Å². The van der Waals surface area contributed by atoms with Gasteiger partial charge < -0.3 is 10.2 Å². The summed E-state index contributed by atoms with van der Waals surface area (Å²) in [5.41, 5.74) is 0. The maximum absolute atomic E-state index is 4.49. The molecule has 1 aliphatic rings. The lowest BCUT2D eigenvalue weighted by Crippen LogP contribution is -2.35. The van der Waals surface area contributed by atoms with E-state index in [1.807, 2.05) is 19.3 Å². The molecule has 0 atom stereocenters. The Morgan fingerprint density at radius 3 is 2.65 bits per heavy atom. The molecule has 0 bridgehead atoms. The zero-order valence-electron chi connectivity index (χ0n) is 11.0. The molecule has 0 saturated carbocycles. The smallest absolute Gasteiger partial charge is 0.224 e. The van der Waals surface area contributed by atoms with Gasteiger partial charge in [0, 0.05) is 26.3 Å². The minimum atomic E-state index is 0.702. The molecule has 4 heteroatoms. The summed E-state index contributed by atoms with van der Waals surface area (Å²) >= 11 is 0. The molecule has 1 aromatic heterocycles. The van der Waals surface area contributed by atoms with Crippen molar-refractivity contribution in [2.24, 2.45) is 11.8 Å². The number of hydrogen-bond donors (Lipinski definition) is 1. The van der Waals surface area contributed by atoms with Crippen molar-refractivity contribution >= 4 is 11.8 Å². The highest BCUT2D eigenvalue weighted by Crippen LogP contribution is 2.26. The lowest BCUT2D eigenvalue weighted by Gasteiger charge is -2.34. The Kier molecular flexibility index (Phi) is 3.82. The first kappa shape index (κ1) is 12.1. The molecule has 1 aliphatic heterocycles. The van der Waals surface area contributed by atoms with Crippen LogP contribution >= 0.6 is 0 Å². The van der Waals surface area contributed by atoms with E-state index in [0.717, 1.165) is 30.7 Å². The second kappa shape index (κ2) is 5.34.